The molecule has 7 heteroatoms. The number of hydrogen-bond donors (Lipinski definition) is 3. The van der Waals surface area contributed by atoms with E-state index < -0.39 is 0 Å². The highest BCUT2D eigenvalue weighted by atomic mass is 127. The first-order valence-corrected chi connectivity index (χ1v) is 6.36. The fourth-order valence-corrected chi connectivity index (χ4v) is 1.38. The van der Waals surface area contributed by atoms with Crippen molar-refractivity contribution in [1.29, 1.82) is 0 Å². The molecule has 1 amide bonds. The maximum Gasteiger partial charge on any atom is 0.246 e. The van der Waals surface area contributed by atoms with Gasteiger partial charge in [0.1, 0.15) is 6.54 Å². The first kappa shape index (κ1) is 18.6. The van der Waals surface area contributed by atoms with E-state index in [1.165, 1.54) is 0 Å². The minimum absolute atomic E-state index is 0. The second-order valence-corrected chi connectivity index (χ2v) is 4.28. The molecule has 0 aliphatic rings. The van der Waals surface area contributed by atoms with Crippen LogP contribution in [-0.4, -0.2) is 36.0 Å². The van der Waals surface area contributed by atoms with Crippen LogP contribution in [0.25, 0.3) is 0 Å². The van der Waals surface area contributed by atoms with Gasteiger partial charge in [0, 0.05) is 18.8 Å². The highest BCUT2D eigenvalue weighted by molar-refractivity contribution is 14.0. The summed E-state index contributed by atoms with van der Waals surface area (Å²) < 4.78 is 0. The van der Waals surface area contributed by atoms with Crippen LogP contribution in [0.2, 0.25) is 0 Å². The number of nitrogens with zero attached hydrogens (tertiary/aromatic N) is 2. The summed E-state index contributed by atoms with van der Waals surface area (Å²) in [4.78, 5) is 19.8. The SMILES string of the molecule is CCNC(=NCC(=O)Nc1cccnc1)NC(C)C.I. The molecule has 0 bridgehead atoms. The standard InChI is InChI=1S/C13H21N5O.HI/c1-4-15-13(17-10(2)3)16-9-12(19)18-11-6-5-7-14-8-11;/h5-8,10H,4,9H2,1-3H3,(H,18,19)(H2,15,16,17);1H. The van der Waals surface area contributed by atoms with Gasteiger partial charge in [-0.15, -0.1) is 24.0 Å². The molecule has 1 aromatic heterocycles. The van der Waals surface area contributed by atoms with Crippen LogP contribution >= 0.6 is 24.0 Å². The van der Waals surface area contributed by atoms with Gasteiger partial charge in [0.15, 0.2) is 5.96 Å². The number of anilines is 1. The van der Waals surface area contributed by atoms with E-state index in [4.69, 9.17) is 0 Å². The van der Waals surface area contributed by atoms with Gasteiger partial charge in [-0.05, 0) is 32.9 Å². The average Bonchev–Trinajstić information content (AvgIpc) is 2.37. The van der Waals surface area contributed by atoms with Crippen molar-refractivity contribution in [2.24, 2.45) is 4.99 Å². The van der Waals surface area contributed by atoms with Crippen LogP contribution in [0.5, 0.6) is 0 Å². The Bertz CT molecular complexity index is 422. The Morgan fingerprint density at radius 1 is 1.45 bits per heavy atom. The average molecular weight is 391 g/mol. The zero-order valence-corrected chi connectivity index (χ0v) is 14.3. The number of carbonyl (C=O) groups is 1. The summed E-state index contributed by atoms with van der Waals surface area (Å²) in [5.41, 5.74) is 0.671. The van der Waals surface area contributed by atoms with Crippen LogP contribution in [0.15, 0.2) is 29.5 Å². The second kappa shape index (κ2) is 10.4. The normalized spacial score (nSPS) is 10.7. The Hall–Kier alpha value is -1.38. The number of halogens is 1. The predicted octanol–water partition coefficient (Wildman–Crippen LogP) is 1.60. The molecule has 0 aliphatic heterocycles. The van der Waals surface area contributed by atoms with E-state index in [-0.39, 0.29) is 42.5 Å². The Labute approximate surface area is 136 Å². The van der Waals surface area contributed by atoms with Crippen LogP contribution < -0.4 is 16.0 Å². The first-order valence-electron chi connectivity index (χ1n) is 6.36. The summed E-state index contributed by atoms with van der Waals surface area (Å²) in [5, 5.41) is 8.95. The minimum atomic E-state index is -0.172. The smallest absolute Gasteiger partial charge is 0.246 e. The number of rotatable bonds is 5. The molecule has 112 valence electrons. The largest absolute Gasteiger partial charge is 0.357 e. The quantitative estimate of drug-likeness (QED) is 0.405. The van der Waals surface area contributed by atoms with Gasteiger partial charge < -0.3 is 16.0 Å². The predicted molar refractivity (Wildman–Crippen MR) is 92.5 cm³/mol. The lowest BCUT2D eigenvalue weighted by Gasteiger charge is -2.13. The van der Waals surface area contributed by atoms with Gasteiger partial charge >= 0.3 is 0 Å². The number of aliphatic imine (C=N–C) groups is 1. The van der Waals surface area contributed by atoms with E-state index >= 15 is 0 Å². The molecule has 6 nitrogen and oxygen atoms in total. The molecule has 0 fully saturated rings. The van der Waals surface area contributed by atoms with E-state index in [2.05, 4.69) is 25.9 Å². The molecule has 0 unspecified atom stereocenters. The summed E-state index contributed by atoms with van der Waals surface area (Å²) in [6.07, 6.45) is 3.25. The number of nitrogens with one attached hydrogen (secondary N) is 3. The Kier molecular flexibility index (Phi) is 9.69. The zero-order valence-electron chi connectivity index (χ0n) is 12.0. The third-order valence-electron chi connectivity index (χ3n) is 2.10. The van der Waals surface area contributed by atoms with Crippen molar-refractivity contribution in [2.45, 2.75) is 26.8 Å². The van der Waals surface area contributed by atoms with Gasteiger partial charge in [-0.25, -0.2) is 4.99 Å². The lowest BCUT2D eigenvalue weighted by atomic mass is 10.4. The van der Waals surface area contributed by atoms with Crippen LogP contribution in [0.4, 0.5) is 5.69 Å². The van der Waals surface area contributed by atoms with E-state index in [1.54, 1.807) is 24.5 Å². The summed E-state index contributed by atoms with van der Waals surface area (Å²) in [5.74, 6) is 0.466. The molecule has 0 saturated carbocycles. The van der Waals surface area contributed by atoms with Gasteiger partial charge in [0.25, 0.3) is 0 Å². The summed E-state index contributed by atoms with van der Waals surface area (Å²) in [6, 6.07) is 3.81. The van der Waals surface area contributed by atoms with Crippen LogP contribution in [0, 0.1) is 0 Å². The molecule has 0 spiro atoms. The van der Waals surface area contributed by atoms with E-state index in [9.17, 15) is 4.79 Å². The monoisotopic (exact) mass is 391 g/mol. The van der Waals surface area contributed by atoms with Crippen LogP contribution in [0.3, 0.4) is 0 Å². The number of pyridine rings is 1. The van der Waals surface area contributed by atoms with Crippen LogP contribution in [-0.2, 0) is 4.79 Å². The van der Waals surface area contributed by atoms with Crippen molar-refractivity contribution in [3.05, 3.63) is 24.5 Å². The lowest BCUT2D eigenvalue weighted by molar-refractivity contribution is -0.114. The van der Waals surface area contributed by atoms with Crippen molar-refractivity contribution in [3.8, 4) is 0 Å². The third-order valence-corrected chi connectivity index (χ3v) is 2.10. The lowest BCUT2D eigenvalue weighted by Crippen LogP contribution is -2.41. The highest BCUT2D eigenvalue weighted by Gasteiger charge is 2.03. The minimum Gasteiger partial charge on any atom is -0.357 e. The van der Waals surface area contributed by atoms with Gasteiger partial charge in [0.2, 0.25) is 5.91 Å². The molecule has 3 N–H and O–H groups in total. The summed E-state index contributed by atoms with van der Waals surface area (Å²) >= 11 is 0. The van der Waals surface area contributed by atoms with Crippen molar-refractivity contribution in [1.82, 2.24) is 15.6 Å². The molecule has 0 atom stereocenters. The molecular formula is C13H22IN5O. The summed E-state index contributed by atoms with van der Waals surface area (Å²) in [6.45, 7) is 6.83. The van der Waals surface area contributed by atoms with E-state index in [1.807, 2.05) is 20.8 Å². The van der Waals surface area contributed by atoms with Crippen molar-refractivity contribution in [3.63, 3.8) is 0 Å². The molecule has 0 aliphatic carbocycles. The summed E-state index contributed by atoms with van der Waals surface area (Å²) in [7, 11) is 0. The zero-order chi connectivity index (χ0) is 14.1. The number of hydrogen-bond acceptors (Lipinski definition) is 3. The fraction of sp³-hybridized carbons (Fsp3) is 0.462. The molecule has 1 rings (SSSR count). The number of aromatic nitrogens is 1. The topological polar surface area (TPSA) is 78.4 Å². The van der Waals surface area contributed by atoms with Gasteiger partial charge in [-0.1, -0.05) is 0 Å². The van der Waals surface area contributed by atoms with Gasteiger partial charge in [-0.2, -0.15) is 0 Å². The molecule has 0 saturated heterocycles. The van der Waals surface area contributed by atoms with Crippen molar-refractivity contribution in [2.75, 3.05) is 18.4 Å². The Morgan fingerprint density at radius 3 is 2.75 bits per heavy atom. The molecule has 1 aromatic rings. The van der Waals surface area contributed by atoms with Crippen molar-refractivity contribution >= 4 is 41.5 Å². The molecule has 0 aromatic carbocycles. The van der Waals surface area contributed by atoms with E-state index in [0.717, 1.165) is 6.54 Å². The Morgan fingerprint density at radius 2 is 2.20 bits per heavy atom. The molecule has 0 radical (unpaired) electrons. The van der Waals surface area contributed by atoms with Gasteiger partial charge in [-0.3, -0.25) is 9.78 Å². The first-order chi connectivity index (χ1) is 9.11. The maximum absolute atomic E-state index is 11.7. The van der Waals surface area contributed by atoms with Crippen LogP contribution in [0.1, 0.15) is 20.8 Å². The fourth-order valence-electron chi connectivity index (χ4n) is 1.38. The number of carbonyl (C=O) groups excluding carboxylic acids is 1. The third kappa shape index (κ3) is 7.93. The Balaban J connectivity index is 0.00000361. The molecular weight excluding hydrogens is 369 g/mol. The molecule has 1 heterocycles. The molecule has 20 heavy (non-hydrogen) atoms. The maximum atomic E-state index is 11.7. The van der Waals surface area contributed by atoms with E-state index in [0.29, 0.717) is 11.6 Å². The van der Waals surface area contributed by atoms with Crippen molar-refractivity contribution < 1.29 is 4.79 Å². The highest BCUT2D eigenvalue weighted by Crippen LogP contribution is 2.01. The number of amides is 1. The number of guanidine groups is 1. The van der Waals surface area contributed by atoms with Gasteiger partial charge in [0.05, 0.1) is 11.9 Å². The second-order valence-electron chi connectivity index (χ2n) is 4.28.